The van der Waals surface area contributed by atoms with Crippen LogP contribution in [0, 0.1) is 5.82 Å². The highest BCUT2D eigenvalue weighted by Crippen LogP contribution is 2.28. The molecule has 1 nitrogen and oxygen atoms in total. The van der Waals surface area contributed by atoms with Gasteiger partial charge in [0.1, 0.15) is 11.6 Å². The molecule has 78 valence electrons. The summed E-state index contributed by atoms with van der Waals surface area (Å²) in [6.07, 6.45) is -4.17. The summed E-state index contributed by atoms with van der Waals surface area (Å²) in [6.45, 7) is 0. The molecule has 14 heavy (non-hydrogen) atoms. The van der Waals surface area contributed by atoms with Gasteiger partial charge in [0.2, 0.25) is 0 Å². The van der Waals surface area contributed by atoms with Crippen molar-refractivity contribution in [3.63, 3.8) is 0 Å². The zero-order valence-electron chi connectivity index (χ0n) is 6.68. The lowest BCUT2D eigenvalue weighted by Crippen LogP contribution is -2.32. The molecule has 1 aromatic rings. The molecule has 0 radical (unpaired) electrons. The first-order chi connectivity index (χ1) is 6.42. The van der Waals surface area contributed by atoms with Gasteiger partial charge < -0.3 is 4.74 Å². The van der Waals surface area contributed by atoms with Crippen LogP contribution in [0.2, 0.25) is 0 Å². The molecule has 0 fully saturated rings. The third kappa shape index (κ3) is 2.77. The Kier molecular flexibility index (Phi) is 3.21. The molecule has 0 aliphatic heterocycles. The van der Waals surface area contributed by atoms with Crippen molar-refractivity contribution in [1.29, 1.82) is 0 Å². The summed E-state index contributed by atoms with van der Waals surface area (Å²) in [4.78, 5) is 0. The average molecular weight is 229 g/mol. The van der Waals surface area contributed by atoms with Gasteiger partial charge in [0.15, 0.2) is 0 Å². The van der Waals surface area contributed by atoms with Crippen molar-refractivity contribution in [2.24, 2.45) is 0 Å². The molecule has 6 heteroatoms. The predicted octanol–water partition coefficient (Wildman–Crippen LogP) is 3.33. The van der Waals surface area contributed by atoms with E-state index in [-0.39, 0.29) is 0 Å². The highest BCUT2D eigenvalue weighted by atomic mass is 35.5. The molecule has 1 aromatic carbocycles. The van der Waals surface area contributed by atoms with E-state index in [9.17, 15) is 17.6 Å². The number of alkyl halides is 4. The number of halogens is 5. The lowest BCUT2D eigenvalue weighted by molar-refractivity contribution is -0.199. The average Bonchev–Trinajstić information content (AvgIpc) is 2.02. The molecule has 1 unspecified atom stereocenters. The van der Waals surface area contributed by atoms with Gasteiger partial charge in [0.25, 0.3) is 5.63 Å². The van der Waals surface area contributed by atoms with Gasteiger partial charge in [-0.1, -0.05) is 17.7 Å². The fourth-order valence-electron chi connectivity index (χ4n) is 0.732. The van der Waals surface area contributed by atoms with Crippen LogP contribution in [0.3, 0.4) is 0 Å². The number of rotatable bonds is 3. The maximum absolute atomic E-state index is 12.5. The summed E-state index contributed by atoms with van der Waals surface area (Å²) >= 11 is 4.52. The molecule has 0 aliphatic rings. The molecular formula is C8H5ClF4O. The van der Waals surface area contributed by atoms with Gasteiger partial charge in [-0.3, -0.25) is 0 Å². The van der Waals surface area contributed by atoms with Crippen LogP contribution in [-0.2, 0) is 0 Å². The van der Waals surface area contributed by atoms with Crippen molar-refractivity contribution in [3.05, 3.63) is 30.1 Å². The van der Waals surface area contributed by atoms with E-state index in [1.165, 1.54) is 0 Å². The summed E-state index contributed by atoms with van der Waals surface area (Å²) in [5, 5.41) is 0. The van der Waals surface area contributed by atoms with E-state index in [4.69, 9.17) is 0 Å². The first-order valence-corrected chi connectivity index (χ1v) is 3.96. The maximum Gasteiger partial charge on any atom is 0.444 e. The Morgan fingerprint density at radius 2 is 2.00 bits per heavy atom. The molecule has 1 atom stereocenters. The molecule has 0 aromatic heterocycles. The van der Waals surface area contributed by atoms with Gasteiger partial charge in [0, 0.05) is 6.07 Å². The SMILES string of the molecule is Fc1cccc(OC(F)(F)C(F)Cl)c1. The second kappa shape index (κ2) is 4.04. The zero-order chi connectivity index (χ0) is 10.8. The Labute approximate surface area is 82.2 Å². The highest BCUT2D eigenvalue weighted by molar-refractivity contribution is 6.20. The van der Waals surface area contributed by atoms with Crippen molar-refractivity contribution in [3.8, 4) is 5.75 Å². The minimum Gasteiger partial charge on any atom is -0.429 e. The minimum absolute atomic E-state index is 0.488. The van der Waals surface area contributed by atoms with E-state index in [2.05, 4.69) is 16.3 Å². The molecule has 0 heterocycles. The van der Waals surface area contributed by atoms with Crippen molar-refractivity contribution >= 4 is 11.6 Å². The lowest BCUT2D eigenvalue weighted by Gasteiger charge is -2.17. The Hall–Kier alpha value is -0.970. The number of ether oxygens (including phenoxy) is 1. The smallest absolute Gasteiger partial charge is 0.429 e. The molecule has 0 amide bonds. The number of hydrogen-bond acceptors (Lipinski definition) is 1. The van der Waals surface area contributed by atoms with E-state index in [1.807, 2.05) is 0 Å². The quantitative estimate of drug-likeness (QED) is 0.570. The largest absolute Gasteiger partial charge is 0.444 e. The highest BCUT2D eigenvalue weighted by Gasteiger charge is 2.42. The van der Waals surface area contributed by atoms with Gasteiger partial charge in [-0.15, -0.1) is 0 Å². The van der Waals surface area contributed by atoms with Crippen LogP contribution >= 0.6 is 11.6 Å². The summed E-state index contributed by atoms with van der Waals surface area (Å²) < 4.78 is 53.4. The maximum atomic E-state index is 12.5. The van der Waals surface area contributed by atoms with E-state index in [1.54, 1.807) is 0 Å². The topological polar surface area (TPSA) is 9.23 Å². The Morgan fingerprint density at radius 3 is 2.50 bits per heavy atom. The summed E-state index contributed by atoms with van der Waals surface area (Å²) in [5.74, 6) is -1.25. The van der Waals surface area contributed by atoms with Gasteiger partial charge in [-0.25, -0.2) is 8.78 Å². The third-order valence-electron chi connectivity index (χ3n) is 1.30. The first kappa shape index (κ1) is 11.1. The van der Waals surface area contributed by atoms with Crippen molar-refractivity contribution in [2.45, 2.75) is 11.7 Å². The fraction of sp³-hybridized carbons (Fsp3) is 0.250. The van der Waals surface area contributed by atoms with Crippen molar-refractivity contribution < 1.29 is 22.3 Å². The Morgan fingerprint density at radius 1 is 1.36 bits per heavy atom. The second-order valence-corrected chi connectivity index (χ2v) is 2.81. The van der Waals surface area contributed by atoms with E-state index < -0.39 is 23.3 Å². The molecule has 0 saturated heterocycles. The molecule has 0 N–H and O–H groups in total. The molecule has 0 aliphatic carbocycles. The standard InChI is InChI=1S/C8H5ClF4O/c9-7(11)8(12,13)14-6-3-1-2-5(10)4-6/h1-4,7H. The summed E-state index contributed by atoms with van der Waals surface area (Å²) in [5.41, 5.74) is -2.98. The van der Waals surface area contributed by atoms with Crippen LogP contribution in [0.15, 0.2) is 24.3 Å². The number of hydrogen-bond donors (Lipinski definition) is 0. The molecule has 1 rings (SSSR count). The number of benzene rings is 1. The van der Waals surface area contributed by atoms with Crippen LogP contribution in [0.25, 0.3) is 0 Å². The van der Waals surface area contributed by atoms with Crippen LogP contribution in [0.5, 0.6) is 5.75 Å². The zero-order valence-corrected chi connectivity index (χ0v) is 7.44. The molecule has 0 spiro atoms. The minimum atomic E-state index is -4.17. The summed E-state index contributed by atoms with van der Waals surface area (Å²) in [6, 6.07) is 3.96. The van der Waals surface area contributed by atoms with Gasteiger partial charge in [-0.05, 0) is 12.1 Å². The van der Waals surface area contributed by atoms with E-state index >= 15 is 0 Å². The van der Waals surface area contributed by atoms with Crippen LogP contribution in [0.4, 0.5) is 17.6 Å². The molecular weight excluding hydrogens is 224 g/mol. The van der Waals surface area contributed by atoms with Crippen LogP contribution < -0.4 is 4.74 Å². The molecule has 0 bridgehead atoms. The lowest BCUT2D eigenvalue weighted by atomic mass is 10.3. The third-order valence-corrected chi connectivity index (χ3v) is 1.56. The van der Waals surface area contributed by atoms with Crippen molar-refractivity contribution in [1.82, 2.24) is 0 Å². The van der Waals surface area contributed by atoms with Crippen molar-refractivity contribution in [2.75, 3.05) is 0 Å². The van der Waals surface area contributed by atoms with Crippen LogP contribution in [-0.4, -0.2) is 11.7 Å². The van der Waals surface area contributed by atoms with E-state index in [0.29, 0.717) is 6.07 Å². The van der Waals surface area contributed by atoms with Gasteiger partial charge in [0.05, 0.1) is 0 Å². The summed E-state index contributed by atoms with van der Waals surface area (Å²) in [7, 11) is 0. The Bertz CT molecular complexity index is 316. The first-order valence-electron chi connectivity index (χ1n) is 3.52. The predicted molar refractivity (Wildman–Crippen MR) is 42.7 cm³/mol. The molecule has 0 saturated carbocycles. The monoisotopic (exact) mass is 228 g/mol. The normalized spacial score (nSPS) is 13.8. The van der Waals surface area contributed by atoms with Crippen LogP contribution in [0.1, 0.15) is 0 Å². The second-order valence-electron chi connectivity index (χ2n) is 2.42. The Balaban J connectivity index is 2.78. The van der Waals surface area contributed by atoms with Gasteiger partial charge in [-0.2, -0.15) is 8.78 Å². The van der Waals surface area contributed by atoms with Gasteiger partial charge >= 0.3 is 6.11 Å². The fourth-order valence-corrected chi connectivity index (χ4v) is 0.777. The van der Waals surface area contributed by atoms with E-state index in [0.717, 1.165) is 18.2 Å².